The predicted octanol–water partition coefficient (Wildman–Crippen LogP) is 3.13. The molecule has 0 radical (unpaired) electrons. The molecule has 0 saturated carbocycles. The number of halogens is 3. The van der Waals surface area contributed by atoms with Crippen molar-refractivity contribution in [3.63, 3.8) is 0 Å². The predicted molar refractivity (Wildman–Crippen MR) is 97.4 cm³/mol. The SMILES string of the molecule is NC(=O)C[C@@H](NC(=O)NCCc1ccc(C(F)F)cn1)c1cccc(Cl)c1. The molecule has 27 heavy (non-hydrogen) atoms. The van der Waals surface area contributed by atoms with E-state index in [2.05, 4.69) is 15.6 Å². The van der Waals surface area contributed by atoms with E-state index in [1.165, 1.54) is 12.1 Å². The van der Waals surface area contributed by atoms with Crippen molar-refractivity contribution in [3.8, 4) is 0 Å². The zero-order valence-corrected chi connectivity index (χ0v) is 15.0. The standard InChI is InChI=1S/C18H19ClF2N4O2/c19-13-3-1-2-11(8-13)15(9-16(22)26)25-18(27)23-7-6-14-5-4-12(10-24-14)17(20)21/h1-5,8,10,15,17H,6-7,9H2,(H2,22,26)(H2,23,25,27)/t15-/m1/s1. The fraction of sp³-hybridized carbons (Fsp3) is 0.278. The van der Waals surface area contributed by atoms with Crippen LogP contribution >= 0.6 is 11.6 Å². The van der Waals surface area contributed by atoms with Gasteiger partial charge in [0.2, 0.25) is 5.91 Å². The molecule has 1 heterocycles. The van der Waals surface area contributed by atoms with Gasteiger partial charge in [-0.25, -0.2) is 13.6 Å². The van der Waals surface area contributed by atoms with Crippen molar-refractivity contribution in [2.24, 2.45) is 5.73 Å². The van der Waals surface area contributed by atoms with E-state index in [0.717, 1.165) is 6.20 Å². The summed E-state index contributed by atoms with van der Waals surface area (Å²) in [6.07, 6.45) is -1.16. The van der Waals surface area contributed by atoms with Crippen LogP contribution in [0.3, 0.4) is 0 Å². The van der Waals surface area contributed by atoms with Gasteiger partial charge in [-0.15, -0.1) is 0 Å². The molecule has 9 heteroatoms. The van der Waals surface area contributed by atoms with Crippen molar-refractivity contribution in [3.05, 3.63) is 64.4 Å². The van der Waals surface area contributed by atoms with Crippen LogP contribution in [-0.4, -0.2) is 23.5 Å². The molecule has 0 aliphatic rings. The molecule has 0 spiro atoms. The van der Waals surface area contributed by atoms with Crippen LogP contribution in [0.2, 0.25) is 5.02 Å². The second-order valence-electron chi connectivity index (χ2n) is 5.81. The van der Waals surface area contributed by atoms with Crippen LogP contribution in [0.15, 0.2) is 42.6 Å². The van der Waals surface area contributed by atoms with Gasteiger partial charge in [-0.2, -0.15) is 0 Å². The number of carbonyl (C=O) groups is 2. The van der Waals surface area contributed by atoms with Crippen molar-refractivity contribution in [2.45, 2.75) is 25.3 Å². The highest BCUT2D eigenvalue weighted by atomic mass is 35.5. The van der Waals surface area contributed by atoms with Gasteiger partial charge in [0.1, 0.15) is 0 Å². The first-order chi connectivity index (χ1) is 12.8. The first kappa shape index (κ1) is 20.6. The van der Waals surface area contributed by atoms with Gasteiger partial charge in [-0.05, 0) is 29.8 Å². The van der Waals surface area contributed by atoms with Gasteiger partial charge < -0.3 is 16.4 Å². The summed E-state index contributed by atoms with van der Waals surface area (Å²) >= 11 is 5.95. The second-order valence-corrected chi connectivity index (χ2v) is 6.25. The van der Waals surface area contributed by atoms with Gasteiger partial charge >= 0.3 is 6.03 Å². The molecule has 0 fully saturated rings. The minimum absolute atomic E-state index is 0.0790. The number of hydrogen-bond acceptors (Lipinski definition) is 3. The summed E-state index contributed by atoms with van der Waals surface area (Å²) in [5.41, 5.74) is 6.32. The number of nitrogens with two attached hydrogens (primary N) is 1. The first-order valence-electron chi connectivity index (χ1n) is 8.16. The number of pyridine rings is 1. The Morgan fingerprint density at radius 3 is 2.56 bits per heavy atom. The lowest BCUT2D eigenvalue weighted by molar-refractivity contribution is -0.118. The molecular formula is C18H19ClF2N4O2. The highest BCUT2D eigenvalue weighted by Crippen LogP contribution is 2.20. The smallest absolute Gasteiger partial charge is 0.315 e. The lowest BCUT2D eigenvalue weighted by atomic mass is 10.0. The van der Waals surface area contributed by atoms with Crippen LogP contribution in [0.5, 0.6) is 0 Å². The number of rotatable bonds is 8. The molecular weight excluding hydrogens is 378 g/mol. The van der Waals surface area contributed by atoms with Gasteiger partial charge in [0.05, 0.1) is 12.5 Å². The lowest BCUT2D eigenvalue weighted by Gasteiger charge is -2.18. The minimum atomic E-state index is -2.57. The van der Waals surface area contributed by atoms with Gasteiger partial charge in [0.15, 0.2) is 0 Å². The van der Waals surface area contributed by atoms with Crippen LogP contribution in [0.25, 0.3) is 0 Å². The Bertz CT molecular complexity index is 787. The summed E-state index contributed by atoms with van der Waals surface area (Å²) in [6, 6.07) is 8.43. The Morgan fingerprint density at radius 2 is 1.96 bits per heavy atom. The zero-order chi connectivity index (χ0) is 19.8. The molecule has 3 amide bonds. The molecule has 4 N–H and O–H groups in total. The number of nitrogens with one attached hydrogen (secondary N) is 2. The molecule has 2 rings (SSSR count). The Labute approximate surface area is 160 Å². The number of alkyl halides is 2. The largest absolute Gasteiger partial charge is 0.370 e. The lowest BCUT2D eigenvalue weighted by Crippen LogP contribution is -2.40. The van der Waals surface area contributed by atoms with Crippen LogP contribution in [0.1, 0.15) is 35.7 Å². The normalized spacial score (nSPS) is 11.9. The second kappa shape index (κ2) is 9.82. The van der Waals surface area contributed by atoms with Gasteiger partial charge in [0.25, 0.3) is 6.43 Å². The molecule has 1 aromatic carbocycles. The summed E-state index contributed by atoms with van der Waals surface area (Å²) in [5, 5.41) is 5.78. The number of amides is 3. The molecule has 0 unspecified atom stereocenters. The van der Waals surface area contributed by atoms with Crippen molar-refractivity contribution in [1.29, 1.82) is 0 Å². The van der Waals surface area contributed by atoms with Crippen molar-refractivity contribution >= 4 is 23.5 Å². The van der Waals surface area contributed by atoms with Crippen LogP contribution in [0, 0.1) is 0 Å². The van der Waals surface area contributed by atoms with E-state index in [1.807, 2.05) is 0 Å². The maximum absolute atomic E-state index is 12.5. The average molecular weight is 397 g/mol. The third-order valence-corrected chi connectivity index (χ3v) is 3.96. The van der Waals surface area contributed by atoms with E-state index in [1.54, 1.807) is 24.3 Å². The van der Waals surface area contributed by atoms with Crippen molar-refractivity contribution < 1.29 is 18.4 Å². The molecule has 6 nitrogen and oxygen atoms in total. The average Bonchev–Trinajstić information content (AvgIpc) is 2.61. The van der Waals surface area contributed by atoms with Crippen molar-refractivity contribution in [2.75, 3.05) is 6.54 Å². The van der Waals surface area contributed by atoms with E-state index < -0.39 is 24.4 Å². The van der Waals surface area contributed by atoms with Crippen molar-refractivity contribution in [1.82, 2.24) is 15.6 Å². The third kappa shape index (κ3) is 6.82. The van der Waals surface area contributed by atoms with Gasteiger partial charge in [0, 0.05) is 35.4 Å². The zero-order valence-electron chi connectivity index (χ0n) is 14.3. The van der Waals surface area contributed by atoms with E-state index in [0.29, 0.717) is 22.7 Å². The molecule has 1 aromatic heterocycles. The number of primary amides is 1. The first-order valence-corrected chi connectivity index (χ1v) is 8.54. The minimum Gasteiger partial charge on any atom is -0.370 e. The Hall–Kier alpha value is -2.74. The monoisotopic (exact) mass is 396 g/mol. The van der Waals surface area contributed by atoms with Gasteiger partial charge in [-0.1, -0.05) is 23.7 Å². The number of carbonyl (C=O) groups excluding carboxylic acids is 2. The molecule has 2 aromatic rings. The maximum atomic E-state index is 12.5. The fourth-order valence-corrected chi connectivity index (χ4v) is 2.60. The Balaban J connectivity index is 1.88. The third-order valence-electron chi connectivity index (χ3n) is 3.73. The van der Waals surface area contributed by atoms with Crippen LogP contribution in [0.4, 0.5) is 13.6 Å². The molecule has 0 saturated heterocycles. The fourth-order valence-electron chi connectivity index (χ4n) is 2.40. The van der Waals surface area contributed by atoms with Crippen LogP contribution < -0.4 is 16.4 Å². The maximum Gasteiger partial charge on any atom is 0.315 e. The number of benzene rings is 1. The van der Waals surface area contributed by atoms with E-state index in [4.69, 9.17) is 17.3 Å². The van der Waals surface area contributed by atoms with Gasteiger partial charge in [-0.3, -0.25) is 9.78 Å². The van der Waals surface area contributed by atoms with Crippen LogP contribution in [-0.2, 0) is 11.2 Å². The summed E-state index contributed by atoms with van der Waals surface area (Å²) in [4.78, 5) is 27.3. The highest BCUT2D eigenvalue weighted by Gasteiger charge is 2.17. The summed E-state index contributed by atoms with van der Waals surface area (Å²) in [6.45, 7) is 0.242. The molecule has 144 valence electrons. The van der Waals surface area contributed by atoms with E-state index in [9.17, 15) is 18.4 Å². The summed E-state index contributed by atoms with van der Waals surface area (Å²) < 4.78 is 25.0. The number of aromatic nitrogens is 1. The molecule has 0 aliphatic heterocycles. The topological polar surface area (TPSA) is 97.1 Å². The number of hydrogen-bond donors (Lipinski definition) is 3. The van der Waals surface area contributed by atoms with E-state index in [-0.39, 0.29) is 18.5 Å². The summed E-state index contributed by atoms with van der Waals surface area (Å²) in [5.74, 6) is -0.566. The quantitative estimate of drug-likeness (QED) is 0.639. The highest BCUT2D eigenvalue weighted by molar-refractivity contribution is 6.30. The molecule has 1 atom stereocenters. The van der Waals surface area contributed by atoms with E-state index >= 15 is 0 Å². The summed E-state index contributed by atoms with van der Waals surface area (Å²) in [7, 11) is 0. The Kier molecular flexibility index (Phi) is 7.48. The Morgan fingerprint density at radius 1 is 1.19 bits per heavy atom. The molecule has 0 bridgehead atoms. The number of nitrogens with zero attached hydrogens (tertiary/aromatic N) is 1. The molecule has 0 aliphatic carbocycles. The number of urea groups is 1.